The summed E-state index contributed by atoms with van der Waals surface area (Å²) in [7, 11) is -3.40. The number of para-hydroxylation sites is 1. The van der Waals surface area contributed by atoms with E-state index in [1.165, 1.54) is 42.5 Å². The molecule has 0 aliphatic heterocycles. The highest BCUT2D eigenvalue weighted by Crippen LogP contribution is 2.28. The molecule has 0 aliphatic rings. The van der Waals surface area contributed by atoms with Crippen molar-refractivity contribution in [3.05, 3.63) is 53.6 Å². The third kappa shape index (κ3) is 5.18. The Morgan fingerprint density at radius 3 is 2.33 bits per heavy atom. The van der Waals surface area contributed by atoms with Crippen LogP contribution in [-0.2, 0) is 21.1 Å². The van der Waals surface area contributed by atoms with E-state index < -0.39 is 40.3 Å². The molecule has 27 heavy (non-hydrogen) atoms. The first-order chi connectivity index (χ1) is 12.6. The number of rotatable bonds is 7. The van der Waals surface area contributed by atoms with Crippen LogP contribution in [0.25, 0.3) is 0 Å². The van der Waals surface area contributed by atoms with E-state index in [2.05, 4.69) is 5.32 Å². The minimum atomic E-state index is -3.40. The van der Waals surface area contributed by atoms with Gasteiger partial charge >= 0.3 is 0 Å². The fourth-order valence-corrected chi connectivity index (χ4v) is 3.13. The van der Waals surface area contributed by atoms with E-state index in [0.29, 0.717) is 0 Å². The second-order valence-electron chi connectivity index (χ2n) is 6.08. The number of phenolic OH excluding ortho intramolecular Hbond substituents is 2. The lowest BCUT2D eigenvalue weighted by Gasteiger charge is -2.22. The number of carbonyl (C=O) groups is 1. The zero-order valence-electron chi connectivity index (χ0n) is 14.5. The van der Waals surface area contributed by atoms with Crippen LogP contribution in [0.4, 0.5) is 4.39 Å². The smallest absolute Gasteiger partial charge is 0.224 e. The van der Waals surface area contributed by atoms with E-state index in [4.69, 9.17) is 0 Å². The van der Waals surface area contributed by atoms with Crippen molar-refractivity contribution in [3.63, 3.8) is 0 Å². The van der Waals surface area contributed by atoms with Crippen molar-refractivity contribution in [3.8, 4) is 11.5 Å². The van der Waals surface area contributed by atoms with Gasteiger partial charge in [-0.3, -0.25) is 4.79 Å². The maximum Gasteiger partial charge on any atom is 0.224 e. The zero-order valence-corrected chi connectivity index (χ0v) is 15.3. The van der Waals surface area contributed by atoms with E-state index in [9.17, 15) is 32.9 Å². The largest absolute Gasteiger partial charge is 0.504 e. The molecule has 4 N–H and O–H groups in total. The first-order valence-electron chi connectivity index (χ1n) is 7.96. The summed E-state index contributed by atoms with van der Waals surface area (Å²) in [6, 6.07) is 8.13. The number of halogens is 1. The maximum absolute atomic E-state index is 13.3. The highest BCUT2D eigenvalue weighted by atomic mass is 32.2. The van der Waals surface area contributed by atoms with Crippen LogP contribution in [0.15, 0.2) is 47.4 Å². The van der Waals surface area contributed by atoms with Crippen molar-refractivity contribution >= 4 is 15.7 Å². The summed E-state index contributed by atoms with van der Waals surface area (Å²) in [6.45, 7) is -1.06. The summed E-state index contributed by atoms with van der Waals surface area (Å²) in [6.07, 6.45) is -0.679. The topological polar surface area (TPSA) is 124 Å². The third-order valence-electron chi connectivity index (χ3n) is 3.99. The van der Waals surface area contributed by atoms with Gasteiger partial charge in [0.15, 0.2) is 21.3 Å². The number of amides is 1. The predicted molar refractivity (Wildman–Crippen MR) is 95.9 cm³/mol. The van der Waals surface area contributed by atoms with E-state index in [-0.39, 0.29) is 28.2 Å². The predicted octanol–water partition coefficient (Wildman–Crippen LogP) is 1.23. The molecule has 2 aromatic rings. The van der Waals surface area contributed by atoms with Gasteiger partial charge in [-0.05, 0) is 23.8 Å². The number of benzene rings is 2. The summed E-state index contributed by atoms with van der Waals surface area (Å²) >= 11 is 0. The lowest BCUT2D eigenvalue weighted by atomic mass is 10.0. The first kappa shape index (κ1) is 20.7. The number of sulfone groups is 1. The second-order valence-corrected chi connectivity index (χ2v) is 8.09. The summed E-state index contributed by atoms with van der Waals surface area (Å²) in [5.74, 6) is -1.49. The first-order valence-corrected chi connectivity index (χ1v) is 9.86. The monoisotopic (exact) mass is 397 g/mol. The number of aliphatic hydroxyl groups is 1. The molecule has 0 radical (unpaired) electrons. The Balaban J connectivity index is 2.09. The van der Waals surface area contributed by atoms with E-state index in [1.54, 1.807) is 0 Å². The van der Waals surface area contributed by atoms with Gasteiger partial charge in [0.1, 0.15) is 12.8 Å². The number of carbonyl (C=O) groups excluding carboxylic acids is 1. The molecule has 0 heterocycles. The van der Waals surface area contributed by atoms with Gasteiger partial charge in [0.25, 0.3) is 0 Å². The minimum Gasteiger partial charge on any atom is -0.504 e. The summed E-state index contributed by atoms with van der Waals surface area (Å²) in [5, 5.41) is 31.8. The molecule has 0 spiro atoms. The van der Waals surface area contributed by atoms with Crippen LogP contribution in [0.2, 0.25) is 0 Å². The quantitative estimate of drug-likeness (QED) is 0.521. The molecular weight excluding hydrogens is 377 g/mol. The fourth-order valence-electron chi connectivity index (χ4n) is 2.50. The zero-order chi connectivity index (χ0) is 20.2. The Bertz CT molecular complexity index is 914. The van der Waals surface area contributed by atoms with Crippen LogP contribution in [0.5, 0.6) is 11.5 Å². The van der Waals surface area contributed by atoms with Crippen LogP contribution in [0, 0.1) is 0 Å². The molecule has 0 fully saturated rings. The molecule has 0 aliphatic carbocycles. The van der Waals surface area contributed by atoms with Crippen molar-refractivity contribution < 1.29 is 32.9 Å². The molecule has 146 valence electrons. The molecule has 7 nitrogen and oxygen atoms in total. The van der Waals surface area contributed by atoms with E-state index in [1.807, 2.05) is 0 Å². The number of aromatic hydroxyl groups is 2. The Morgan fingerprint density at radius 2 is 1.78 bits per heavy atom. The minimum absolute atomic E-state index is 0.0543. The highest BCUT2D eigenvalue weighted by Gasteiger charge is 2.24. The number of hydrogen-bond donors (Lipinski definition) is 4. The second kappa shape index (κ2) is 8.36. The molecule has 1 unspecified atom stereocenters. The van der Waals surface area contributed by atoms with Gasteiger partial charge in [-0.2, -0.15) is 0 Å². The molecule has 2 aromatic carbocycles. The molecule has 1 amide bonds. The summed E-state index contributed by atoms with van der Waals surface area (Å²) in [4.78, 5) is 12.2. The van der Waals surface area contributed by atoms with Crippen LogP contribution >= 0.6 is 0 Å². The molecular formula is C18H20FNO6S. The van der Waals surface area contributed by atoms with Gasteiger partial charge in [0.2, 0.25) is 5.91 Å². The molecule has 9 heteroatoms. The van der Waals surface area contributed by atoms with Gasteiger partial charge in [-0.1, -0.05) is 24.3 Å². The van der Waals surface area contributed by atoms with Crippen molar-refractivity contribution in [1.29, 1.82) is 0 Å². The fraction of sp³-hybridized carbons (Fsp3) is 0.278. The van der Waals surface area contributed by atoms with Crippen LogP contribution < -0.4 is 5.32 Å². The Kier molecular flexibility index (Phi) is 6.40. The van der Waals surface area contributed by atoms with Gasteiger partial charge < -0.3 is 20.6 Å². The van der Waals surface area contributed by atoms with Crippen molar-refractivity contribution in [2.75, 3.05) is 12.9 Å². The van der Waals surface area contributed by atoms with Gasteiger partial charge in [0.05, 0.1) is 17.4 Å². The van der Waals surface area contributed by atoms with Gasteiger partial charge in [-0.25, -0.2) is 12.8 Å². The molecule has 0 aromatic heterocycles. The summed E-state index contributed by atoms with van der Waals surface area (Å²) < 4.78 is 36.3. The van der Waals surface area contributed by atoms with Crippen LogP contribution in [0.1, 0.15) is 17.2 Å². The average Bonchev–Trinajstić information content (AvgIpc) is 2.62. The Morgan fingerprint density at radius 1 is 1.15 bits per heavy atom. The number of nitrogens with one attached hydrogen (secondary N) is 1. The van der Waals surface area contributed by atoms with Crippen LogP contribution in [-0.4, -0.2) is 48.6 Å². The average molecular weight is 397 g/mol. The maximum atomic E-state index is 13.3. The number of alkyl halides is 1. The van der Waals surface area contributed by atoms with E-state index >= 15 is 0 Å². The number of phenols is 2. The standard InChI is InChI=1S/C18H20FNO6S/c1-27(25,26)13-7-5-11(6-8-13)17(23)14(10-19)20-16(22)9-12-3-2-4-15(21)18(12)24/h2-8,14,17,21,23-24H,9-10H2,1H3,(H,20,22)/t14?,17-/m1/s1. The molecule has 2 rings (SSSR count). The molecule has 0 saturated carbocycles. The number of aliphatic hydroxyl groups excluding tert-OH is 1. The lowest BCUT2D eigenvalue weighted by Crippen LogP contribution is -2.41. The normalized spacial score (nSPS) is 13.7. The van der Waals surface area contributed by atoms with Crippen molar-refractivity contribution in [2.45, 2.75) is 23.5 Å². The Hall–Kier alpha value is -2.65. The molecule has 0 bridgehead atoms. The molecule has 2 atom stereocenters. The van der Waals surface area contributed by atoms with Crippen LogP contribution in [0.3, 0.4) is 0 Å². The van der Waals surface area contributed by atoms with Crippen molar-refractivity contribution in [2.24, 2.45) is 0 Å². The highest BCUT2D eigenvalue weighted by molar-refractivity contribution is 7.90. The van der Waals surface area contributed by atoms with Gasteiger partial charge in [0, 0.05) is 11.8 Å². The van der Waals surface area contributed by atoms with E-state index in [0.717, 1.165) is 6.26 Å². The third-order valence-corrected chi connectivity index (χ3v) is 5.12. The SMILES string of the molecule is CS(=O)(=O)c1ccc([C@@H](O)C(CF)NC(=O)Cc2cccc(O)c2O)cc1. The van der Waals surface area contributed by atoms with Gasteiger partial charge in [-0.15, -0.1) is 0 Å². The Labute approximate surface area is 156 Å². The summed E-state index contributed by atoms with van der Waals surface area (Å²) in [5.41, 5.74) is 0.391. The number of hydrogen-bond acceptors (Lipinski definition) is 6. The van der Waals surface area contributed by atoms with Crippen molar-refractivity contribution in [1.82, 2.24) is 5.32 Å². The molecule has 0 saturated heterocycles. The lowest BCUT2D eigenvalue weighted by molar-refractivity contribution is -0.122.